The zero-order valence-electron chi connectivity index (χ0n) is 9.79. The van der Waals surface area contributed by atoms with Crippen molar-refractivity contribution in [2.75, 3.05) is 13.2 Å². The summed E-state index contributed by atoms with van der Waals surface area (Å²) >= 11 is 0. The van der Waals surface area contributed by atoms with Crippen LogP contribution in [0.25, 0.3) is 0 Å². The number of hydrogen-bond acceptors (Lipinski definition) is 2. The fraction of sp³-hybridized carbons (Fsp3) is 0.833. The third kappa shape index (κ3) is 8.27. The van der Waals surface area contributed by atoms with Crippen LogP contribution in [0.15, 0.2) is 12.2 Å². The van der Waals surface area contributed by atoms with Gasteiger partial charge < -0.3 is 9.47 Å². The molecule has 0 aliphatic rings. The van der Waals surface area contributed by atoms with Crippen molar-refractivity contribution in [1.82, 2.24) is 0 Å². The van der Waals surface area contributed by atoms with Crippen LogP contribution >= 0.6 is 0 Å². The normalized spacial score (nSPS) is 11.7. The zero-order valence-corrected chi connectivity index (χ0v) is 9.79. The summed E-state index contributed by atoms with van der Waals surface area (Å²) in [5, 5.41) is 0. The van der Waals surface area contributed by atoms with Crippen molar-refractivity contribution < 1.29 is 9.47 Å². The van der Waals surface area contributed by atoms with Crippen molar-refractivity contribution in [2.24, 2.45) is 0 Å². The lowest BCUT2D eigenvalue weighted by Crippen LogP contribution is -2.17. The van der Waals surface area contributed by atoms with Crippen molar-refractivity contribution in [3.63, 3.8) is 0 Å². The SMILES string of the molecule is CC/C=C/CC(OCCC)OCCC. The molecule has 0 fully saturated rings. The Bertz CT molecular complexity index is 124. The van der Waals surface area contributed by atoms with E-state index in [1.54, 1.807) is 0 Å². The van der Waals surface area contributed by atoms with Gasteiger partial charge in [0, 0.05) is 19.6 Å². The first-order valence-corrected chi connectivity index (χ1v) is 5.73. The summed E-state index contributed by atoms with van der Waals surface area (Å²) < 4.78 is 11.1. The molecule has 0 bridgehead atoms. The van der Waals surface area contributed by atoms with Crippen molar-refractivity contribution in [3.05, 3.63) is 12.2 Å². The molecule has 0 saturated carbocycles. The van der Waals surface area contributed by atoms with Crippen LogP contribution in [0.1, 0.15) is 46.5 Å². The quantitative estimate of drug-likeness (QED) is 0.419. The van der Waals surface area contributed by atoms with Gasteiger partial charge in [-0.1, -0.05) is 32.9 Å². The monoisotopic (exact) mass is 200 g/mol. The Morgan fingerprint density at radius 1 is 0.929 bits per heavy atom. The molecule has 0 aromatic heterocycles. The second-order valence-electron chi connectivity index (χ2n) is 3.29. The molecule has 0 aliphatic heterocycles. The Morgan fingerprint density at radius 3 is 1.93 bits per heavy atom. The van der Waals surface area contributed by atoms with Gasteiger partial charge in [-0.3, -0.25) is 0 Å². The van der Waals surface area contributed by atoms with Crippen LogP contribution in [0.3, 0.4) is 0 Å². The Morgan fingerprint density at radius 2 is 1.50 bits per heavy atom. The third-order valence-corrected chi connectivity index (χ3v) is 1.75. The largest absolute Gasteiger partial charge is 0.352 e. The van der Waals surface area contributed by atoms with Crippen LogP contribution in [0.4, 0.5) is 0 Å². The predicted octanol–water partition coefficient (Wildman–Crippen LogP) is 3.52. The lowest BCUT2D eigenvalue weighted by atomic mass is 10.3. The van der Waals surface area contributed by atoms with E-state index in [0.717, 1.165) is 38.9 Å². The van der Waals surface area contributed by atoms with Gasteiger partial charge in [0.2, 0.25) is 0 Å². The van der Waals surface area contributed by atoms with Crippen molar-refractivity contribution in [3.8, 4) is 0 Å². The molecule has 0 heterocycles. The number of allylic oxidation sites excluding steroid dienone is 1. The maximum absolute atomic E-state index is 5.57. The standard InChI is InChI=1S/C12H24O2/c1-4-7-8-9-12(13-10-5-2)14-11-6-3/h7-8,12H,4-6,9-11H2,1-3H3/b8-7+. The second kappa shape index (κ2) is 10.7. The molecule has 2 nitrogen and oxygen atoms in total. The van der Waals surface area contributed by atoms with Crippen molar-refractivity contribution in [2.45, 2.75) is 52.7 Å². The molecule has 0 N–H and O–H groups in total. The number of hydrogen-bond donors (Lipinski definition) is 0. The molecule has 84 valence electrons. The summed E-state index contributed by atoms with van der Waals surface area (Å²) in [5.41, 5.74) is 0. The van der Waals surface area contributed by atoms with E-state index in [1.807, 2.05) is 0 Å². The minimum Gasteiger partial charge on any atom is -0.352 e. The van der Waals surface area contributed by atoms with Gasteiger partial charge in [0.15, 0.2) is 6.29 Å². The summed E-state index contributed by atoms with van der Waals surface area (Å²) in [7, 11) is 0. The van der Waals surface area contributed by atoms with Gasteiger partial charge in [-0.25, -0.2) is 0 Å². The molecule has 0 rings (SSSR count). The lowest BCUT2D eigenvalue weighted by Gasteiger charge is -2.16. The van der Waals surface area contributed by atoms with E-state index in [4.69, 9.17) is 9.47 Å². The molecule has 0 amide bonds. The summed E-state index contributed by atoms with van der Waals surface area (Å²) in [4.78, 5) is 0. The van der Waals surface area contributed by atoms with E-state index in [9.17, 15) is 0 Å². The van der Waals surface area contributed by atoms with Gasteiger partial charge in [-0.05, 0) is 19.3 Å². The van der Waals surface area contributed by atoms with Crippen molar-refractivity contribution >= 4 is 0 Å². The van der Waals surface area contributed by atoms with Crippen LogP contribution in [0.2, 0.25) is 0 Å². The van der Waals surface area contributed by atoms with E-state index in [-0.39, 0.29) is 6.29 Å². The minimum atomic E-state index is -0.0438. The Hall–Kier alpha value is -0.340. The highest BCUT2D eigenvalue weighted by atomic mass is 16.7. The zero-order chi connectivity index (χ0) is 10.6. The van der Waals surface area contributed by atoms with Gasteiger partial charge in [0.05, 0.1) is 0 Å². The van der Waals surface area contributed by atoms with Crippen LogP contribution < -0.4 is 0 Å². The van der Waals surface area contributed by atoms with Crippen LogP contribution in [-0.2, 0) is 9.47 Å². The first kappa shape index (κ1) is 13.7. The van der Waals surface area contributed by atoms with Gasteiger partial charge >= 0.3 is 0 Å². The first-order chi connectivity index (χ1) is 6.85. The molecule has 0 atom stereocenters. The Balaban J connectivity index is 3.65. The maximum atomic E-state index is 5.57. The smallest absolute Gasteiger partial charge is 0.160 e. The molecule has 0 spiro atoms. The van der Waals surface area contributed by atoms with E-state index in [2.05, 4.69) is 32.9 Å². The molecular weight excluding hydrogens is 176 g/mol. The molecule has 14 heavy (non-hydrogen) atoms. The molecule has 0 unspecified atom stereocenters. The van der Waals surface area contributed by atoms with E-state index < -0.39 is 0 Å². The maximum Gasteiger partial charge on any atom is 0.160 e. The fourth-order valence-electron chi connectivity index (χ4n) is 1.06. The highest BCUT2D eigenvalue weighted by Gasteiger charge is 2.05. The van der Waals surface area contributed by atoms with Gasteiger partial charge in [0.25, 0.3) is 0 Å². The van der Waals surface area contributed by atoms with Crippen LogP contribution in [-0.4, -0.2) is 19.5 Å². The second-order valence-corrected chi connectivity index (χ2v) is 3.29. The molecule has 2 heteroatoms. The average molecular weight is 200 g/mol. The van der Waals surface area contributed by atoms with Gasteiger partial charge in [0.1, 0.15) is 0 Å². The molecular formula is C12H24O2. The summed E-state index contributed by atoms with van der Waals surface area (Å²) in [6.07, 6.45) is 8.28. The average Bonchev–Trinajstić information content (AvgIpc) is 2.21. The molecule has 0 aromatic carbocycles. The molecule has 0 aliphatic carbocycles. The van der Waals surface area contributed by atoms with E-state index in [1.165, 1.54) is 0 Å². The molecule has 0 radical (unpaired) electrons. The highest BCUT2D eigenvalue weighted by Crippen LogP contribution is 2.04. The minimum absolute atomic E-state index is 0.0438. The van der Waals surface area contributed by atoms with Gasteiger partial charge in [-0.15, -0.1) is 0 Å². The van der Waals surface area contributed by atoms with Gasteiger partial charge in [-0.2, -0.15) is 0 Å². The van der Waals surface area contributed by atoms with E-state index in [0.29, 0.717) is 0 Å². The third-order valence-electron chi connectivity index (χ3n) is 1.75. The summed E-state index contributed by atoms with van der Waals surface area (Å²) in [6, 6.07) is 0. The number of rotatable bonds is 9. The molecule has 0 saturated heterocycles. The predicted molar refractivity (Wildman–Crippen MR) is 60.3 cm³/mol. The Kier molecular flexibility index (Phi) is 10.5. The number of ether oxygens (including phenoxy) is 2. The molecule has 0 aromatic rings. The van der Waals surface area contributed by atoms with Crippen LogP contribution in [0, 0.1) is 0 Å². The van der Waals surface area contributed by atoms with Crippen LogP contribution in [0.5, 0.6) is 0 Å². The first-order valence-electron chi connectivity index (χ1n) is 5.73. The topological polar surface area (TPSA) is 18.5 Å². The van der Waals surface area contributed by atoms with Crippen molar-refractivity contribution in [1.29, 1.82) is 0 Å². The summed E-state index contributed by atoms with van der Waals surface area (Å²) in [6.45, 7) is 7.92. The fourth-order valence-corrected chi connectivity index (χ4v) is 1.06. The lowest BCUT2D eigenvalue weighted by molar-refractivity contribution is -0.139. The van der Waals surface area contributed by atoms with E-state index >= 15 is 0 Å². The Labute approximate surface area is 88.3 Å². The highest BCUT2D eigenvalue weighted by molar-refractivity contribution is 4.81. The summed E-state index contributed by atoms with van der Waals surface area (Å²) in [5.74, 6) is 0.